The van der Waals surface area contributed by atoms with Crippen LogP contribution in [-0.2, 0) is 65.7 Å². The van der Waals surface area contributed by atoms with E-state index in [0.29, 0.717) is 28.8 Å². The molecule has 15 rings (SSSR count). The molecule has 0 aliphatic carbocycles. The number of aromatic hydroxyl groups is 3. The normalized spacial score (nSPS) is 25.5. The van der Waals surface area contributed by atoms with Gasteiger partial charge in [-0.2, -0.15) is 0 Å². The Morgan fingerprint density at radius 3 is 1.98 bits per heavy atom. The largest absolute Gasteiger partial charge is 0.508 e. The van der Waals surface area contributed by atoms with Crippen molar-refractivity contribution in [2.45, 2.75) is 181 Å². The minimum Gasteiger partial charge on any atom is -0.508 e. The molecule has 1 aromatic heterocycles. The number of H-pyrrole nitrogens is 1. The Bertz CT molecular complexity index is 5560. The second-order valence-corrected chi connectivity index (χ2v) is 35.6. The number of benzene rings is 7. The van der Waals surface area contributed by atoms with Crippen molar-refractivity contribution in [1.82, 2.24) is 67.9 Å². The topological polar surface area (TPSA) is 568 Å². The summed E-state index contributed by atoms with van der Waals surface area (Å²) in [5.74, 6) is -14.3. The number of aliphatic hydroxyl groups is 5. The molecule has 7 aromatic carbocycles. The summed E-state index contributed by atoms with van der Waals surface area (Å²) in [6, 6.07) is 12.9. The molecule has 11 bridgehead atoms. The molecule has 130 heavy (non-hydrogen) atoms. The number of primary amides is 1. The van der Waals surface area contributed by atoms with E-state index >= 15 is 24.0 Å². The highest BCUT2D eigenvalue weighted by Crippen LogP contribution is 2.51. The number of carbonyl (C=O) groups excluding carboxylic acids is 8. The summed E-state index contributed by atoms with van der Waals surface area (Å²) in [7, 11) is 5.08. The van der Waals surface area contributed by atoms with E-state index < -0.39 is 214 Å². The molecule has 0 saturated carbocycles. The number of nitrogens with one attached hydrogen (secondary N) is 10. The lowest BCUT2D eigenvalue weighted by molar-refractivity contribution is -0.330. The van der Waals surface area contributed by atoms with Gasteiger partial charge < -0.3 is 143 Å². The molecule has 8 aromatic rings. The van der Waals surface area contributed by atoms with E-state index in [1.807, 2.05) is 30.9 Å². The van der Waals surface area contributed by atoms with Gasteiger partial charge in [-0.05, 0) is 178 Å². The fourth-order valence-electron chi connectivity index (χ4n) is 15.6. The highest BCUT2D eigenvalue weighted by molar-refractivity contribution is 7.99. The zero-order chi connectivity index (χ0) is 93.6. The number of rotatable bonds is 25. The molecule has 0 radical (unpaired) electrons. The van der Waals surface area contributed by atoms with Crippen molar-refractivity contribution >= 4 is 111 Å². The number of hydrogen-bond acceptors (Lipinski definition) is 30. The van der Waals surface area contributed by atoms with Crippen molar-refractivity contribution in [1.29, 1.82) is 0 Å². The molecule has 7 aliphatic heterocycles. The van der Waals surface area contributed by atoms with Crippen LogP contribution in [-0.4, -0.2) is 227 Å². The first-order chi connectivity index (χ1) is 61.8. The number of fused-ring (bicyclic) bond motifs is 15. The highest BCUT2D eigenvalue weighted by atomic mass is 35.5. The second-order valence-electron chi connectivity index (χ2n) is 32.9. The Labute approximate surface area is 768 Å². The Kier molecular flexibility index (Phi) is 30.8. The minimum atomic E-state index is -2.36. The number of anilines is 1. The van der Waals surface area contributed by atoms with Crippen LogP contribution in [0.4, 0.5) is 5.95 Å². The Hall–Kier alpha value is -11.1. The van der Waals surface area contributed by atoms with Gasteiger partial charge in [0.25, 0.3) is 0 Å². The number of halogens is 4. The molecule has 0 spiro atoms. The number of aromatic amines is 1. The van der Waals surface area contributed by atoms with E-state index in [0.717, 1.165) is 77.5 Å². The van der Waals surface area contributed by atoms with Crippen LogP contribution >= 0.6 is 58.2 Å². The van der Waals surface area contributed by atoms with Crippen molar-refractivity contribution in [2.75, 3.05) is 45.7 Å². The predicted octanol–water partition coefficient (Wildman–Crippen LogP) is 5.31. The maximum absolute atomic E-state index is 16.5. The number of nitrogen functional groups attached to an aromatic ring is 1. The summed E-state index contributed by atoms with van der Waals surface area (Å²) in [4.78, 5) is 126. The molecule has 8 heterocycles. The number of phenols is 3. The van der Waals surface area contributed by atoms with E-state index in [1.165, 1.54) is 31.3 Å². The standard InChI is InChI=1S/C87H99Cl4N15O23S/c1-37(2)23-53(94-5)77(116)101-68-70(111)42-13-19-57(51(90)26-42)125-59-28-44-29-60(74(59)129-84-75(73(114)72(113)61(127-84)36-130-86-103-85(93)104-105-86)128-63-33-87(4,76(115)38(3)124-63)96-34-39-9-15-46(16-10-39)123-35-40-11-17-49(88)50(89)24-40)126-58-20-14-43(27-52(58)91)71(112)69-83(122)100-67(79(118)95-21-8-22-106(6)7)48-30-45(107)31-56(109)64(48)47-25-41(12-18-55(47)108)65(80(119)102-69)99-81(120)66(44)98-78(117)54(32-62(92)110)97-82(68)121/h9-20,24-31,37-38,53-54,61,63,65-73,75-76,84,94,96,107-109,111-115H,8,21-23,32-36H2,1-7H3,(H2,92,110)(H,95,118)(H,97,121)(H,98,117)(H,99,120)(H,100,122)(H,101,116)(H,102,119)(H3,93,103,104,105)/t38?,53-,54+,61?,63?,65-,66-,67-,68-,69+,70-,71-,72?,73?,75?,76?,84?,87?/m1/s1. The molecule has 2 fully saturated rings. The molecule has 43 heteroatoms. The maximum atomic E-state index is 16.5. The lowest BCUT2D eigenvalue weighted by atomic mass is 9.84. The number of thioether (sulfide) groups is 1. The first-order valence-corrected chi connectivity index (χ1v) is 43.8. The van der Waals surface area contributed by atoms with Gasteiger partial charge in [-0.3, -0.25) is 38.4 Å². The fraction of sp³-hybridized carbons (Fsp3) is 0.402. The van der Waals surface area contributed by atoms with Crippen molar-refractivity contribution in [3.05, 3.63) is 180 Å². The highest BCUT2D eigenvalue weighted by Gasteiger charge is 2.53. The van der Waals surface area contributed by atoms with Gasteiger partial charge in [0.05, 0.1) is 50.9 Å². The van der Waals surface area contributed by atoms with Gasteiger partial charge >= 0.3 is 0 Å². The van der Waals surface area contributed by atoms with Gasteiger partial charge in [-0.15, -0.1) is 10.2 Å². The monoisotopic (exact) mass is 1890 g/mol. The van der Waals surface area contributed by atoms with Crippen LogP contribution < -0.4 is 78.3 Å². The number of hydrogen-bond donors (Lipinski definition) is 20. The average molecular weight is 1900 g/mol. The number of nitrogens with two attached hydrogens (primary N) is 2. The zero-order valence-corrected chi connectivity index (χ0v) is 74.8. The summed E-state index contributed by atoms with van der Waals surface area (Å²) in [5.41, 5.74) is 9.75. The Morgan fingerprint density at radius 1 is 0.692 bits per heavy atom. The van der Waals surface area contributed by atoms with Gasteiger partial charge in [0.1, 0.15) is 102 Å². The maximum Gasteiger partial charge on any atom is 0.248 e. The van der Waals surface area contributed by atoms with Crippen molar-refractivity contribution < 1.29 is 112 Å². The molecule has 9 unspecified atom stereocenters. The van der Waals surface area contributed by atoms with Gasteiger partial charge in [-0.25, -0.2) is 0 Å². The number of nitrogens with zero attached hydrogens (tertiary/aromatic N) is 3. The van der Waals surface area contributed by atoms with E-state index in [4.69, 9.17) is 91.0 Å². The lowest BCUT2D eigenvalue weighted by Crippen LogP contribution is -2.65. The number of aromatic nitrogens is 3. The van der Waals surface area contributed by atoms with Crippen molar-refractivity contribution in [3.63, 3.8) is 0 Å². The third-order valence-corrected chi connectivity index (χ3v) is 24.8. The molecular formula is C87H99Cl4N15O23S. The summed E-state index contributed by atoms with van der Waals surface area (Å²) in [6.07, 6.45) is -18.0. The molecule has 694 valence electrons. The van der Waals surface area contributed by atoms with E-state index in [-0.39, 0.29) is 99.7 Å². The lowest BCUT2D eigenvalue weighted by Gasteiger charge is -2.48. The van der Waals surface area contributed by atoms with Gasteiger partial charge in [0, 0.05) is 48.0 Å². The summed E-state index contributed by atoms with van der Waals surface area (Å²) in [5, 5.41) is 130. The number of aliphatic hydroxyl groups excluding tert-OH is 5. The summed E-state index contributed by atoms with van der Waals surface area (Å²) >= 11 is 27.9. The Balaban J connectivity index is 0.980. The van der Waals surface area contributed by atoms with Gasteiger partial charge in [0.15, 0.2) is 29.0 Å². The van der Waals surface area contributed by atoms with Crippen molar-refractivity contribution in [3.8, 4) is 62.9 Å². The SMILES string of the molecule is CN[C@H](CC(C)C)C(=O)N[C@H]1C(=O)N[C@@H](CC(N)=O)C(=O)N[C@H]2C(=O)N[C@H]3C(=O)N[C@H](C(=O)N[C@@H](C(=O)NCCCN(C)C)c4cc(O)cc(O)c4-c4cc3ccc4O)[C@H](O)c3ccc(c(Cl)c3)Oc3cc2cc(c3OC2OC(CSc3nnc(N)[nH]3)C(O)C(O)C2OC2CC(C)(NCc3ccc(OCc4ccc(Cl)c(Cl)c4)cc3)C(O)C(C)O2)Oc2ccc(cc2Cl)[C@H]1O. The zero-order valence-electron chi connectivity index (χ0n) is 70.9. The van der Waals surface area contributed by atoms with Crippen LogP contribution in [0.3, 0.4) is 0 Å². The average Bonchev–Trinajstić information content (AvgIpc) is 0.878. The molecule has 18 atom stereocenters. The van der Waals surface area contributed by atoms with E-state index in [9.17, 15) is 55.2 Å². The second kappa shape index (κ2) is 41.6. The van der Waals surface area contributed by atoms with E-state index in [2.05, 4.69) is 63.0 Å². The number of phenolic OH excluding ortho intramolecular Hbond substituents is 3. The van der Waals surface area contributed by atoms with Crippen LogP contribution in [0.15, 0.2) is 126 Å². The number of ether oxygens (including phenoxy) is 7. The molecule has 7 aliphatic rings. The quantitative estimate of drug-likeness (QED) is 0.0255. The van der Waals surface area contributed by atoms with Crippen LogP contribution in [0.25, 0.3) is 11.1 Å². The first-order valence-electron chi connectivity index (χ1n) is 41.3. The van der Waals surface area contributed by atoms with Crippen LogP contribution in [0.2, 0.25) is 20.1 Å². The molecule has 38 nitrogen and oxygen atoms in total. The minimum absolute atomic E-state index is 0.00313. The van der Waals surface area contributed by atoms with Crippen LogP contribution in [0, 0.1) is 5.92 Å². The smallest absolute Gasteiger partial charge is 0.248 e. The molecule has 22 N–H and O–H groups in total. The first kappa shape index (κ1) is 96.5. The number of carbonyl (C=O) groups is 8. The van der Waals surface area contributed by atoms with Crippen molar-refractivity contribution in [2.24, 2.45) is 11.7 Å². The van der Waals surface area contributed by atoms with E-state index in [1.54, 1.807) is 58.3 Å². The van der Waals surface area contributed by atoms with Gasteiger partial charge in [0.2, 0.25) is 65.2 Å². The number of amides is 8. The summed E-state index contributed by atoms with van der Waals surface area (Å²) < 4.78 is 46.8. The molecular weight excluding hydrogens is 1800 g/mol. The predicted molar refractivity (Wildman–Crippen MR) is 472 cm³/mol. The van der Waals surface area contributed by atoms with Gasteiger partial charge in [-0.1, -0.05) is 108 Å². The third-order valence-electron chi connectivity index (χ3n) is 22.5. The summed E-state index contributed by atoms with van der Waals surface area (Å²) in [6.45, 7) is 7.77. The number of likely N-dealkylation sites (N-methyl/N-ethyl adjacent to an activating group) is 1. The van der Waals surface area contributed by atoms with Crippen LogP contribution in [0.5, 0.6) is 51.7 Å². The molecule has 8 amide bonds. The molecule has 2 saturated heterocycles. The van der Waals surface area contributed by atoms with Crippen LogP contribution in [0.1, 0.15) is 123 Å². The third kappa shape index (κ3) is 22.6. The Morgan fingerprint density at radius 2 is 1.35 bits per heavy atom. The fourth-order valence-corrected chi connectivity index (χ4v) is 17.3.